The molecule has 0 N–H and O–H groups in total. The van der Waals surface area contributed by atoms with Crippen LogP contribution in [0.25, 0.3) is 0 Å². The molecule has 0 unspecified atom stereocenters. The van der Waals surface area contributed by atoms with Crippen LogP contribution >= 0.6 is 11.6 Å². The molecule has 0 bridgehead atoms. The highest BCUT2D eigenvalue weighted by molar-refractivity contribution is 6.34. The van der Waals surface area contributed by atoms with Crippen molar-refractivity contribution in [3.8, 4) is 0 Å². The van der Waals surface area contributed by atoms with Gasteiger partial charge in [0.15, 0.2) is 5.78 Å². The van der Waals surface area contributed by atoms with Crippen LogP contribution in [0.4, 0.5) is 8.78 Å². The molecule has 0 fully saturated rings. The quantitative estimate of drug-likeness (QED) is 0.746. The zero-order valence-corrected chi connectivity index (χ0v) is 10.3. The predicted molar refractivity (Wildman–Crippen MR) is 66.0 cm³/mol. The zero-order chi connectivity index (χ0) is 13.3. The van der Waals surface area contributed by atoms with Crippen LogP contribution < -0.4 is 0 Å². The maximum Gasteiger partial charge on any atom is 0.194 e. The Bertz CT molecular complexity index is 623. The number of hydrogen-bond donors (Lipinski definition) is 0. The normalized spacial score (nSPS) is 10.4. The SMILES string of the molecule is Cc1ccc(C(=O)c2cc(F)ccc2Cl)cc1F. The monoisotopic (exact) mass is 266 g/mol. The average Bonchev–Trinajstić information content (AvgIpc) is 2.35. The minimum Gasteiger partial charge on any atom is -0.289 e. The third kappa shape index (κ3) is 2.41. The third-order valence-electron chi connectivity index (χ3n) is 2.61. The standard InChI is InChI=1S/C14H9ClF2O/c1-8-2-3-9(6-13(8)17)14(18)11-7-10(16)4-5-12(11)15/h2-7H,1H3. The van der Waals surface area contributed by atoms with Crippen molar-refractivity contribution < 1.29 is 13.6 Å². The van der Waals surface area contributed by atoms with Crippen LogP contribution in [0.15, 0.2) is 36.4 Å². The largest absolute Gasteiger partial charge is 0.289 e. The highest BCUT2D eigenvalue weighted by Crippen LogP contribution is 2.21. The van der Waals surface area contributed by atoms with Crippen molar-refractivity contribution in [2.45, 2.75) is 6.92 Å². The average molecular weight is 267 g/mol. The summed E-state index contributed by atoms with van der Waals surface area (Å²) in [5.74, 6) is -1.54. The summed E-state index contributed by atoms with van der Waals surface area (Å²) >= 11 is 5.83. The lowest BCUT2D eigenvalue weighted by Gasteiger charge is -2.05. The number of benzene rings is 2. The number of carbonyl (C=O) groups is 1. The summed E-state index contributed by atoms with van der Waals surface area (Å²) in [4.78, 5) is 12.1. The first-order valence-electron chi connectivity index (χ1n) is 5.25. The van der Waals surface area contributed by atoms with Crippen molar-refractivity contribution in [1.29, 1.82) is 0 Å². The topological polar surface area (TPSA) is 17.1 Å². The van der Waals surface area contributed by atoms with E-state index in [-0.39, 0.29) is 16.1 Å². The van der Waals surface area contributed by atoms with E-state index < -0.39 is 17.4 Å². The first-order valence-corrected chi connectivity index (χ1v) is 5.63. The highest BCUT2D eigenvalue weighted by Gasteiger charge is 2.15. The molecule has 2 rings (SSSR count). The summed E-state index contributed by atoms with van der Waals surface area (Å²) in [6.45, 7) is 1.60. The van der Waals surface area contributed by atoms with Gasteiger partial charge < -0.3 is 0 Å². The lowest BCUT2D eigenvalue weighted by atomic mass is 10.0. The van der Waals surface area contributed by atoms with E-state index in [0.717, 1.165) is 18.2 Å². The minimum atomic E-state index is -0.560. The molecule has 1 nitrogen and oxygen atoms in total. The van der Waals surface area contributed by atoms with Gasteiger partial charge in [0.2, 0.25) is 0 Å². The van der Waals surface area contributed by atoms with E-state index in [2.05, 4.69) is 0 Å². The molecule has 0 atom stereocenters. The molecule has 0 heterocycles. The van der Waals surface area contributed by atoms with Crippen molar-refractivity contribution in [1.82, 2.24) is 0 Å². The predicted octanol–water partition coefficient (Wildman–Crippen LogP) is 4.16. The zero-order valence-electron chi connectivity index (χ0n) is 9.51. The summed E-state index contributed by atoms with van der Waals surface area (Å²) in [6.07, 6.45) is 0. The Hall–Kier alpha value is -1.74. The second kappa shape index (κ2) is 4.86. The molecule has 4 heteroatoms. The Labute approximate surface area is 108 Å². The highest BCUT2D eigenvalue weighted by atomic mass is 35.5. The molecule has 0 aliphatic carbocycles. The van der Waals surface area contributed by atoms with Crippen LogP contribution in [-0.4, -0.2) is 5.78 Å². The molecule has 0 aliphatic heterocycles. The van der Waals surface area contributed by atoms with Gasteiger partial charge in [-0.15, -0.1) is 0 Å². The molecule has 18 heavy (non-hydrogen) atoms. The molecule has 0 saturated heterocycles. The van der Waals surface area contributed by atoms with Gasteiger partial charge in [-0.05, 0) is 36.8 Å². The summed E-state index contributed by atoms with van der Waals surface area (Å²) < 4.78 is 26.5. The molecular formula is C14H9ClF2O. The fraction of sp³-hybridized carbons (Fsp3) is 0.0714. The van der Waals surface area contributed by atoms with Gasteiger partial charge in [0.05, 0.1) is 5.02 Å². The van der Waals surface area contributed by atoms with Crippen LogP contribution in [-0.2, 0) is 0 Å². The summed E-state index contributed by atoms with van der Waals surface area (Å²) in [5, 5.41) is 0.141. The van der Waals surface area contributed by atoms with E-state index in [9.17, 15) is 13.6 Å². The van der Waals surface area contributed by atoms with Crippen molar-refractivity contribution in [2.75, 3.05) is 0 Å². The van der Waals surface area contributed by atoms with Crippen LogP contribution in [0.1, 0.15) is 21.5 Å². The Morgan fingerprint density at radius 3 is 2.50 bits per heavy atom. The van der Waals surface area contributed by atoms with Gasteiger partial charge in [-0.2, -0.15) is 0 Å². The van der Waals surface area contributed by atoms with Gasteiger partial charge in [0, 0.05) is 11.1 Å². The van der Waals surface area contributed by atoms with Gasteiger partial charge in [-0.3, -0.25) is 4.79 Å². The molecular weight excluding hydrogens is 258 g/mol. The smallest absolute Gasteiger partial charge is 0.194 e. The van der Waals surface area contributed by atoms with Crippen LogP contribution in [0, 0.1) is 18.6 Å². The fourth-order valence-corrected chi connectivity index (χ4v) is 1.76. The van der Waals surface area contributed by atoms with Crippen LogP contribution in [0.2, 0.25) is 5.02 Å². The Balaban J connectivity index is 2.47. The number of aryl methyl sites for hydroxylation is 1. The van der Waals surface area contributed by atoms with Gasteiger partial charge in [-0.1, -0.05) is 23.7 Å². The van der Waals surface area contributed by atoms with Crippen LogP contribution in [0.3, 0.4) is 0 Å². The molecule has 0 aliphatic rings. The van der Waals surface area contributed by atoms with E-state index in [0.29, 0.717) is 5.56 Å². The molecule has 0 amide bonds. The van der Waals surface area contributed by atoms with Crippen molar-refractivity contribution in [3.63, 3.8) is 0 Å². The Morgan fingerprint density at radius 2 is 1.83 bits per heavy atom. The second-order valence-corrected chi connectivity index (χ2v) is 4.32. The first-order chi connectivity index (χ1) is 8.49. The van der Waals surface area contributed by atoms with Gasteiger partial charge in [-0.25, -0.2) is 8.78 Å². The summed E-state index contributed by atoms with van der Waals surface area (Å²) in [6, 6.07) is 7.61. The lowest BCUT2D eigenvalue weighted by Crippen LogP contribution is -2.03. The number of halogens is 3. The maximum atomic E-state index is 13.4. The molecule has 2 aromatic carbocycles. The molecule has 0 aromatic heterocycles. The van der Waals surface area contributed by atoms with E-state index in [1.165, 1.54) is 18.2 Å². The molecule has 0 spiro atoms. The number of hydrogen-bond acceptors (Lipinski definition) is 1. The second-order valence-electron chi connectivity index (χ2n) is 3.92. The van der Waals surface area contributed by atoms with Crippen molar-refractivity contribution in [3.05, 3.63) is 69.7 Å². The maximum absolute atomic E-state index is 13.4. The van der Waals surface area contributed by atoms with E-state index in [1.807, 2.05) is 0 Å². The van der Waals surface area contributed by atoms with E-state index in [1.54, 1.807) is 6.92 Å². The molecule has 0 radical (unpaired) electrons. The molecule has 2 aromatic rings. The Morgan fingerprint density at radius 1 is 1.11 bits per heavy atom. The number of ketones is 1. The van der Waals surface area contributed by atoms with Gasteiger partial charge >= 0.3 is 0 Å². The third-order valence-corrected chi connectivity index (χ3v) is 2.94. The van der Waals surface area contributed by atoms with E-state index in [4.69, 9.17) is 11.6 Å². The Kier molecular flexibility index (Phi) is 3.43. The fourth-order valence-electron chi connectivity index (χ4n) is 1.56. The van der Waals surface area contributed by atoms with Crippen molar-refractivity contribution in [2.24, 2.45) is 0 Å². The molecule has 0 saturated carbocycles. The summed E-state index contributed by atoms with van der Waals surface area (Å²) in [5.41, 5.74) is 0.613. The number of carbonyl (C=O) groups excluding carboxylic acids is 1. The summed E-state index contributed by atoms with van der Waals surface area (Å²) in [7, 11) is 0. The number of rotatable bonds is 2. The van der Waals surface area contributed by atoms with Gasteiger partial charge in [0.25, 0.3) is 0 Å². The van der Waals surface area contributed by atoms with Crippen LogP contribution in [0.5, 0.6) is 0 Å². The van der Waals surface area contributed by atoms with Gasteiger partial charge in [0.1, 0.15) is 11.6 Å². The lowest BCUT2D eigenvalue weighted by molar-refractivity contribution is 0.103. The van der Waals surface area contributed by atoms with E-state index >= 15 is 0 Å². The van der Waals surface area contributed by atoms with Crippen molar-refractivity contribution >= 4 is 17.4 Å². The first kappa shape index (κ1) is 12.7. The molecule has 92 valence electrons. The minimum absolute atomic E-state index is 0.0277.